The topological polar surface area (TPSA) is 50.8 Å². The van der Waals surface area contributed by atoms with Gasteiger partial charge in [-0.25, -0.2) is 4.98 Å². The number of halogens is 1. The van der Waals surface area contributed by atoms with Crippen LogP contribution in [0.25, 0.3) is 11.0 Å². The van der Waals surface area contributed by atoms with Crippen molar-refractivity contribution in [1.82, 2.24) is 9.55 Å². The molecule has 0 bridgehead atoms. The monoisotopic (exact) mass is 297 g/mol. The summed E-state index contributed by atoms with van der Waals surface area (Å²) in [7, 11) is 1.91. The molecule has 1 aromatic heterocycles. The Bertz CT molecular complexity index is 848. The third-order valence-corrected chi connectivity index (χ3v) is 3.52. The van der Waals surface area contributed by atoms with E-state index in [9.17, 15) is 0 Å². The number of imidazole rings is 1. The molecule has 3 rings (SSSR count). The molecule has 0 spiro atoms. The fourth-order valence-electron chi connectivity index (χ4n) is 2.19. The molecule has 2 aromatic carbocycles. The number of para-hydroxylation sites is 1. The van der Waals surface area contributed by atoms with Gasteiger partial charge in [0.15, 0.2) is 0 Å². The van der Waals surface area contributed by atoms with E-state index in [4.69, 9.17) is 21.6 Å². The number of hydrogen-bond acceptors (Lipinski definition) is 3. The molecule has 0 saturated heterocycles. The largest absolute Gasteiger partial charge is 0.486 e. The highest BCUT2D eigenvalue weighted by Crippen LogP contribution is 2.21. The van der Waals surface area contributed by atoms with Crippen molar-refractivity contribution in [1.29, 1.82) is 5.26 Å². The maximum Gasteiger partial charge on any atom is 0.147 e. The minimum atomic E-state index is 0.316. The molecule has 0 fully saturated rings. The van der Waals surface area contributed by atoms with E-state index >= 15 is 0 Å². The van der Waals surface area contributed by atoms with Gasteiger partial charge in [0.05, 0.1) is 11.1 Å². The van der Waals surface area contributed by atoms with Gasteiger partial charge in [0.1, 0.15) is 29.8 Å². The van der Waals surface area contributed by atoms with Crippen LogP contribution in [0.15, 0.2) is 42.5 Å². The van der Waals surface area contributed by atoms with Crippen LogP contribution in [-0.4, -0.2) is 9.55 Å². The van der Waals surface area contributed by atoms with Crippen LogP contribution in [0.1, 0.15) is 11.4 Å². The highest BCUT2D eigenvalue weighted by Gasteiger charge is 2.11. The molecule has 0 unspecified atom stereocenters. The Morgan fingerprint density at radius 2 is 2.10 bits per heavy atom. The van der Waals surface area contributed by atoms with Crippen LogP contribution in [0.4, 0.5) is 0 Å². The number of aromatic nitrogens is 2. The first kappa shape index (κ1) is 13.5. The van der Waals surface area contributed by atoms with Crippen molar-refractivity contribution in [3.05, 3.63) is 58.9 Å². The van der Waals surface area contributed by atoms with Gasteiger partial charge >= 0.3 is 0 Å². The van der Waals surface area contributed by atoms with Crippen molar-refractivity contribution in [2.45, 2.75) is 6.61 Å². The van der Waals surface area contributed by atoms with Gasteiger partial charge in [0.25, 0.3) is 0 Å². The molecule has 1 heterocycles. The average molecular weight is 298 g/mol. The molecule has 0 aliphatic rings. The molecule has 104 valence electrons. The number of ether oxygens (including phenoxy) is 1. The Morgan fingerprint density at radius 3 is 2.86 bits per heavy atom. The first-order valence-electron chi connectivity index (χ1n) is 6.42. The second-order valence-corrected chi connectivity index (χ2v) is 5.05. The van der Waals surface area contributed by atoms with Gasteiger partial charge in [0.2, 0.25) is 0 Å². The summed E-state index contributed by atoms with van der Waals surface area (Å²) in [6.07, 6.45) is 0. The number of rotatable bonds is 3. The average Bonchev–Trinajstić information content (AvgIpc) is 2.82. The van der Waals surface area contributed by atoms with Crippen molar-refractivity contribution in [3.63, 3.8) is 0 Å². The third-order valence-electron chi connectivity index (χ3n) is 3.29. The van der Waals surface area contributed by atoms with Crippen molar-refractivity contribution in [3.8, 4) is 11.8 Å². The summed E-state index contributed by atoms with van der Waals surface area (Å²) < 4.78 is 7.64. The van der Waals surface area contributed by atoms with E-state index in [-0.39, 0.29) is 0 Å². The van der Waals surface area contributed by atoms with Gasteiger partial charge in [-0.3, -0.25) is 0 Å². The van der Waals surface area contributed by atoms with E-state index in [0.717, 1.165) is 11.3 Å². The molecular weight excluding hydrogens is 286 g/mol. The SMILES string of the molecule is Cn1c(COc2cccc(Cl)c2)nc2c(C#N)cccc21. The van der Waals surface area contributed by atoms with E-state index in [1.165, 1.54) is 0 Å². The molecule has 4 nitrogen and oxygen atoms in total. The minimum Gasteiger partial charge on any atom is -0.486 e. The van der Waals surface area contributed by atoms with Gasteiger partial charge in [-0.1, -0.05) is 23.7 Å². The van der Waals surface area contributed by atoms with Crippen LogP contribution in [0.5, 0.6) is 5.75 Å². The summed E-state index contributed by atoms with van der Waals surface area (Å²) in [5.41, 5.74) is 2.18. The highest BCUT2D eigenvalue weighted by molar-refractivity contribution is 6.30. The van der Waals surface area contributed by atoms with Crippen molar-refractivity contribution in [2.75, 3.05) is 0 Å². The van der Waals surface area contributed by atoms with E-state index in [1.54, 1.807) is 18.2 Å². The number of hydrogen-bond donors (Lipinski definition) is 0. The van der Waals surface area contributed by atoms with Gasteiger partial charge in [-0.15, -0.1) is 0 Å². The lowest BCUT2D eigenvalue weighted by Gasteiger charge is -2.06. The number of nitriles is 1. The van der Waals surface area contributed by atoms with E-state index in [0.29, 0.717) is 28.5 Å². The standard InChI is InChI=1S/C16H12ClN3O/c1-20-14-7-2-4-11(9-18)16(14)19-15(20)10-21-13-6-3-5-12(17)8-13/h2-8H,10H2,1H3. The zero-order chi connectivity index (χ0) is 14.8. The first-order chi connectivity index (χ1) is 10.2. The summed E-state index contributed by atoms with van der Waals surface area (Å²) in [5, 5.41) is 9.76. The predicted molar refractivity (Wildman–Crippen MR) is 81.2 cm³/mol. The molecule has 3 aromatic rings. The molecule has 5 heteroatoms. The minimum absolute atomic E-state index is 0.316. The lowest BCUT2D eigenvalue weighted by molar-refractivity contribution is 0.292. The Morgan fingerprint density at radius 1 is 1.29 bits per heavy atom. The lowest BCUT2D eigenvalue weighted by Crippen LogP contribution is -2.03. The molecule has 0 radical (unpaired) electrons. The van der Waals surface area contributed by atoms with E-state index in [1.807, 2.05) is 35.9 Å². The highest BCUT2D eigenvalue weighted by atomic mass is 35.5. The van der Waals surface area contributed by atoms with Crippen LogP contribution in [0.2, 0.25) is 5.02 Å². The molecular formula is C16H12ClN3O. The smallest absolute Gasteiger partial charge is 0.147 e. The fourth-order valence-corrected chi connectivity index (χ4v) is 2.37. The lowest BCUT2D eigenvalue weighted by atomic mass is 10.2. The number of fused-ring (bicyclic) bond motifs is 1. The Labute approximate surface area is 127 Å². The number of aryl methyl sites for hydroxylation is 1. The molecule has 0 aliphatic carbocycles. The molecule has 0 N–H and O–H groups in total. The third kappa shape index (κ3) is 2.56. The quantitative estimate of drug-likeness (QED) is 0.741. The summed E-state index contributed by atoms with van der Waals surface area (Å²) in [4.78, 5) is 4.50. The Balaban J connectivity index is 1.91. The van der Waals surface area contributed by atoms with Crippen LogP contribution < -0.4 is 4.74 Å². The Hall–Kier alpha value is -2.51. The van der Waals surface area contributed by atoms with Gasteiger partial charge < -0.3 is 9.30 Å². The zero-order valence-electron chi connectivity index (χ0n) is 11.4. The van der Waals surface area contributed by atoms with E-state index < -0.39 is 0 Å². The first-order valence-corrected chi connectivity index (χ1v) is 6.79. The van der Waals surface area contributed by atoms with Crippen LogP contribution >= 0.6 is 11.6 Å². The second kappa shape index (κ2) is 5.47. The summed E-state index contributed by atoms with van der Waals surface area (Å²) in [6.45, 7) is 0.316. The summed E-state index contributed by atoms with van der Waals surface area (Å²) in [6, 6.07) is 14.9. The molecule has 0 atom stereocenters. The molecule has 0 saturated carbocycles. The van der Waals surface area contributed by atoms with E-state index in [2.05, 4.69) is 11.1 Å². The normalized spacial score (nSPS) is 10.5. The Kier molecular flexibility index (Phi) is 3.51. The van der Waals surface area contributed by atoms with Crippen LogP contribution in [-0.2, 0) is 13.7 Å². The fraction of sp³-hybridized carbons (Fsp3) is 0.125. The number of nitrogens with zero attached hydrogens (tertiary/aromatic N) is 3. The van der Waals surface area contributed by atoms with Gasteiger partial charge in [-0.05, 0) is 30.3 Å². The second-order valence-electron chi connectivity index (χ2n) is 4.62. The van der Waals surface area contributed by atoms with Crippen molar-refractivity contribution >= 4 is 22.6 Å². The maximum atomic E-state index is 9.13. The molecule has 0 amide bonds. The zero-order valence-corrected chi connectivity index (χ0v) is 12.1. The predicted octanol–water partition coefficient (Wildman–Crippen LogP) is 3.68. The maximum absolute atomic E-state index is 9.13. The summed E-state index contributed by atoms with van der Waals surface area (Å²) >= 11 is 5.92. The van der Waals surface area contributed by atoms with Crippen LogP contribution in [0.3, 0.4) is 0 Å². The molecule has 0 aliphatic heterocycles. The molecule has 21 heavy (non-hydrogen) atoms. The van der Waals surface area contributed by atoms with Gasteiger partial charge in [-0.2, -0.15) is 5.26 Å². The van der Waals surface area contributed by atoms with Crippen LogP contribution in [0, 0.1) is 11.3 Å². The van der Waals surface area contributed by atoms with Crippen molar-refractivity contribution in [2.24, 2.45) is 7.05 Å². The number of benzene rings is 2. The summed E-state index contributed by atoms with van der Waals surface area (Å²) in [5.74, 6) is 1.45. The van der Waals surface area contributed by atoms with Gasteiger partial charge in [0, 0.05) is 12.1 Å². The van der Waals surface area contributed by atoms with Crippen molar-refractivity contribution < 1.29 is 4.74 Å².